The average Bonchev–Trinajstić information content (AvgIpc) is 3.66. The van der Waals surface area contributed by atoms with E-state index in [-0.39, 0.29) is 17.7 Å². The minimum absolute atomic E-state index is 0.0769. The Morgan fingerprint density at radius 2 is 1.82 bits per heavy atom. The predicted molar refractivity (Wildman–Crippen MR) is 165 cm³/mol. The molecule has 0 bridgehead atoms. The van der Waals surface area contributed by atoms with E-state index in [1.54, 1.807) is 36.5 Å². The van der Waals surface area contributed by atoms with Gasteiger partial charge in [0.05, 0.1) is 11.1 Å². The number of fused-ring (bicyclic) bond motifs is 1. The molecule has 2 aromatic carbocycles. The highest BCUT2D eigenvalue weighted by Gasteiger charge is 2.34. The van der Waals surface area contributed by atoms with Crippen molar-refractivity contribution in [2.24, 2.45) is 7.05 Å². The Bertz CT molecular complexity index is 1810. The molecule has 5 aromatic rings. The molecule has 44 heavy (non-hydrogen) atoms. The number of halogens is 3. The van der Waals surface area contributed by atoms with Gasteiger partial charge in [-0.1, -0.05) is 12.1 Å². The van der Waals surface area contributed by atoms with Crippen LogP contribution in [0.2, 0.25) is 0 Å². The van der Waals surface area contributed by atoms with Crippen molar-refractivity contribution in [3.63, 3.8) is 0 Å². The number of nitrogens with one attached hydrogen (secondary N) is 1. The summed E-state index contributed by atoms with van der Waals surface area (Å²) in [7, 11) is 3.87. The molecule has 0 atom stereocenters. The summed E-state index contributed by atoms with van der Waals surface area (Å²) < 4.78 is 50.4. The second-order valence-corrected chi connectivity index (χ2v) is 11.8. The number of thiophene rings is 1. The number of ether oxygens (including phenoxy) is 1. The third kappa shape index (κ3) is 6.33. The van der Waals surface area contributed by atoms with Crippen molar-refractivity contribution in [2.75, 3.05) is 38.5 Å². The summed E-state index contributed by atoms with van der Waals surface area (Å²) in [5.74, 6) is 0.628. The highest BCUT2D eigenvalue weighted by molar-refractivity contribution is 7.08. The molecule has 1 aliphatic heterocycles. The molecular formula is C32H31F3N6O2S. The van der Waals surface area contributed by atoms with Gasteiger partial charge in [0.15, 0.2) is 5.82 Å². The zero-order valence-electron chi connectivity index (χ0n) is 24.5. The molecular weight excluding hydrogens is 589 g/mol. The standard InChI is InChI=1S/C32H31F3N6O2S/c1-20-4-7-24(43-31-28-26(8-10-40(28)3)36-29(38-31)23-9-15-44-19-23)17-27(20)37-30(42)21-5-6-22(25(16-21)32(33,34)35)18-41-13-11-39(2)12-14-41/h4-10,15-17,19H,11-14,18H2,1-3H3,(H,37,42). The van der Waals surface area contributed by atoms with Gasteiger partial charge in [-0.2, -0.15) is 29.5 Å². The van der Waals surface area contributed by atoms with Gasteiger partial charge in [-0.05, 0) is 60.8 Å². The van der Waals surface area contributed by atoms with E-state index < -0.39 is 17.6 Å². The summed E-state index contributed by atoms with van der Waals surface area (Å²) in [4.78, 5) is 26.7. The average molecular weight is 621 g/mol. The molecule has 0 radical (unpaired) electrons. The zero-order chi connectivity index (χ0) is 31.0. The number of carbonyl (C=O) groups is 1. The van der Waals surface area contributed by atoms with Crippen LogP contribution in [0.3, 0.4) is 0 Å². The summed E-state index contributed by atoms with van der Waals surface area (Å²) in [5.41, 5.74) is 2.71. The number of likely N-dealkylation sites (N-methyl/N-ethyl adjacent to an activating group) is 1. The lowest BCUT2D eigenvalue weighted by atomic mass is 10.0. The van der Waals surface area contributed by atoms with Crippen LogP contribution in [-0.2, 0) is 19.8 Å². The van der Waals surface area contributed by atoms with Gasteiger partial charge in [0, 0.05) is 74.2 Å². The summed E-state index contributed by atoms with van der Waals surface area (Å²) in [6, 6.07) is 12.8. The number of aromatic nitrogens is 3. The number of hydrogen-bond donors (Lipinski definition) is 1. The van der Waals surface area contributed by atoms with E-state index in [2.05, 4.69) is 20.2 Å². The summed E-state index contributed by atoms with van der Waals surface area (Å²) in [6.45, 7) is 4.95. The first-order valence-corrected chi connectivity index (χ1v) is 15.1. The molecule has 1 aliphatic rings. The largest absolute Gasteiger partial charge is 0.437 e. The molecule has 12 heteroatoms. The van der Waals surface area contributed by atoms with E-state index in [1.165, 1.54) is 12.1 Å². The number of amides is 1. The van der Waals surface area contributed by atoms with Crippen LogP contribution in [0.25, 0.3) is 22.4 Å². The fourth-order valence-corrected chi connectivity index (χ4v) is 5.85. The number of piperazine rings is 1. The molecule has 228 valence electrons. The van der Waals surface area contributed by atoms with Crippen molar-refractivity contribution in [3.05, 3.63) is 87.7 Å². The Balaban J connectivity index is 1.25. The number of hydrogen-bond acceptors (Lipinski definition) is 7. The first-order valence-electron chi connectivity index (χ1n) is 14.1. The molecule has 8 nitrogen and oxygen atoms in total. The third-order valence-corrected chi connectivity index (χ3v) is 8.49. The number of nitrogens with zero attached hydrogens (tertiary/aromatic N) is 5. The quantitative estimate of drug-likeness (QED) is 0.215. The Morgan fingerprint density at radius 3 is 2.55 bits per heavy atom. The predicted octanol–water partition coefficient (Wildman–Crippen LogP) is 6.82. The van der Waals surface area contributed by atoms with Gasteiger partial charge in [-0.3, -0.25) is 9.69 Å². The number of anilines is 1. The normalized spacial score (nSPS) is 14.7. The van der Waals surface area contributed by atoms with Crippen molar-refractivity contribution >= 4 is 34.0 Å². The van der Waals surface area contributed by atoms with Crippen LogP contribution in [-0.4, -0.2) is 63.5 Å². The minimum atomic E-state index is -4.59. The van der Waals surface area contributed by atoms with Gasteiger partial charge in [-0.15, -0.1) is 0 Å². The molecule has 0 unspecified atom stereocenters. The van der Waals surface area contributed by atoms with Crippen LogP contribution in [0.5, 0.6) is 11.6 Å². The van der Waals surface area contributed by atoms with E-state index >= 15 is 0 Å². The molecule has 1 saturated heterocycles. The van der Waals surface area contributed by atoms with E-state index in [4.69, 9.17) is 4.74 Å². The van der Waals surface area contributed by atoms with Gasteiger partial charge in [-0.25, -0.2) is 4.98 Å². The number of alkyl halides is 3. The summed E-state index contributed by atoms with van der Waals surface area (Å²) in [5, 5.41) is 6.68. The second-order valence-electron chi connectivity index (χ2n) is 11.0. The third-order valence-electron chi connectivity index (χ3n) is 7.81. The SMILES string of the molecule is Cc1ccc(Oc2nc(-c3ccsc3)nc3ccn(C)c23)cc1NC(=O)c1ccc(CN2CCN(C)CC2)c(C(F)(F)F)c1. The van der Waals surface area contributed by atoms with Crippen LogP contribution in [0.1, 0.15) is 27.0 Å². The zero-order valence-corrected chi connectivity index (χ0v) is 25.3. The lowest BCUT2D eigenvalue weighted by Gasteiger charge is -2.33. The van der Waals surface area contributed by atoms with Crippen molar-refractivity contribution in [1.82, 2.24) is 24.3 Å². The maximum Gasteiger partial charge on any atom is 0.416 e. The highest BCUT2D eigenvalue weighted by atomic mass is 32.1. The van der Waals surface area contributed by atoms with Crippen LogP contribution >= 0.6 is 11.3 Å². The van der Waals surface area contributed by atoms with Crippen molar-refractivity contribution in [1.29, 1.82) is 0 Å². The van der Waals surface area contributed by atoms with Gasteiger partial charge < -0.3 is 19.5 Å². The summed E-state index contributed by atoms with van der Waals surface area (Å²) >= 11 is 1.54. The fraction of sp³-hybridized carbons (Fsp3) is 0.281. The van der Waals surface area contributed by atoms with Crippen LogP contribution in [0.15, 0.2) is 65.5 Å². The molecule has 6 rings (SSSR count). The van der Waals surface area contributed by atoms with Crippen LogP contribution in [0, 0.1) is 6.92 Å². The number of carbonyl (C=O) groups excluding carboxylic acids is 1. The Hall–Kier alpha value is -4.26. The molecule has 1 N–H and O–H groups in total. The van der Waals surface area contributed by atoms with E-state index in [9.17, 15) is 18.0 Å². The van der Waals surface area contributed by atoms with Crippen molar-refractivity contribution in [3.8, 4) is 23.0 Å². The lowest BCUT2D eigenvalue weighted by Crippen LogP contribution is -2.44. The smallest absolute Gasteiger partial charge is 0.416 e. The lowest BCUT2D eigenvalue weighted by molar-refractivity contribution is -0.138. The van der Waals surface area contributed by atoms with E-state index in [0.717, 1.165) is 35.8 Å². The maximum absolute atomic E-state index is 14.1. The first-order chi connectivity index (χ1) is 21.0. The Labute approximate surface area is 256 Å². The van der Waals surface area contributed by atoms with Gasteiger partial charge >= 0.3 is 6.18 Å². The molecule has 1 amide bonds. The monoisotopic (exact) mass is 620 g/mol. The van der Waals surface area contributed by atoms with E-state index in [1.807, 2.05) is 52.7 Å². The Kier molecular flexibility index (Phi) is 8.14. The number of aryl methyl sites for hydroxylation is 2. The van der Waals surface area contributed by atoms with Crippen molar-refractivity contribution < 1.29 is 22.7 Å². The van der Waals surface area contributed by atoms with Gasteiger partial charge in [0.25, 0.3) is 5.91 Å². The molecule has 3 aromatic heterocycles. The number of benzene rings is 2. The summed E-state index contributed by atoms with van der Waals surface area (Å²) in [6.07, 6.45) is -2.72. The minimum Gasteiger partial charge on any atom is -0.437 e. The highest BCUT2D eigenvalue weighted by Crippen LogP contribution is 2.35. The molecule has 0 spiro atoms. The van der Waals surface area contributed by atoms with Gasteiger partial charge in [0.2, 0.25) is 5.88 Å². The maximum atomic E-state index is 14.1. The van der Waals surface area contributed by atoms with Gasteiger partial charge in [0.1, 0.15) is 11.3 Å². The van der Waals surface area contributed by atoms with Crippen LogP contribution in [0.4, 0.5) is 18.9 Å². The molecule has 1 fully saturated rings. The number of rotatable bonds is 7. The second kappa shape index (κ2) is 12.0. The van der Waals surface area contributed by atoms with Crippen molar-refractivity contribution in [2.45, 2.75) is 19.6 Å². The molecule has 0 saturated carbocycles. The van der Waals surface area contributed by atoms with E-state index in [0.29, 0.717) is 41.7 Å². The first kappa shape index (κ1) is 29.8. The topological polar surface area (TPSA) is 75.5 Å². The Morgan fingerprint density at radius 1 is 1.02 bits per heavy atom. The molecule has 4 heterocycles. The fourth-order valence-electron chi connectivity index (χ4n) is 5.22. The van der Waals surface area contributed by atoms with Crippen LogP contribution < -0.4 is 10.1 Å². The molecule has 0 aliphatic carbocycles.